The number of rotatable bonds is 3. The lowest BCUT2D eigenvalue weighted by Crippen LogP contribution is -2.30. The number of nitrogens with one attached hydrogen (secondary N) is 1. The number of fused-ring (bicyclic) bond motifs is 1. The van der Waals surface area contributed by atoms with Gasteiger partial charge in [0.05, 0.1) is 11.7 Å². The molecule has 26 heavy (non-hydrogen) atoms. The summed E-state index contributed by atoms with van der Waals surface area (Å²) in [6.45, 7) is 1.98. The van der Waals surface area contributed by atoms with E-state index >= 15 is 0 Å². The van der Waals surface area contributed by atoms with Gasteiger partial charge in [0.15, 0.2) is 0 Å². The normalized spacial score (nSPS) is 16.2. The van der Waals surface area contributed by atoms with Gasteiger partial charge in [-0.15, -0.1) is 11.8 Å². The molecule has 3 aromatic rings. The molecule has 0 spiro atoms. The first kappa shape index (κ1) is 16.8. The van der Waals surface area contributed by atoms with Crippen LogP contribution in [0.1, 0.15) is 34.1 Å². The molecule has 0 aliphatic carbocycles. The first-order chi connectivity index (χ1) is 12.6. The number of carbonyl (C=O) groups excluding carboxylic acids is 1. The van der Waals surface area contributed by atoms with Gasteiger partial charge < -0.3 is 5.32 Å². The van der Waals surface area contributed by atoms with Crippen molar-refractivity contribution in [2.75, 3.05) is 5.75 Å². The van der Waals surface area contributed by atoms with Crippen LogP contribution in [0.25, 0.3) is 5.69 Å². The highest BCUT2D eigenvalue weighted by Crippen LogP contribution is 2.37. The summed E-state index contributed by atoms with van der Waals surface area (Å²) in [7, 11) is 0. The second-order valence-corrected chi connectivity index (χ2v) is 7.36. The van der Waals surface area contributed by atoms with Crippen molar-refractivity contribution in [1.29, 1.82) is 0 Å². The van der Waals surface area contributed by atoms with E-state index in [1.807, 2.05) is 35.9 Å². The monoisotopic (exact) mass is 367 g/mol. The summed E-state index contributed by atoms with van der Waals surface area (Å²) in [5.41, 5.74) is 3.37. The summed E-state index contributed by atoms with van der Waals surface area (Å²) in [6.07, 6.45) is 2.53. The second kappa shape index (κ2) is 6.96. The van der Waals surface area contributed by atoms with Gasteiger partial charge in [0.2, 0.25) is 0 Å². The van der Waals surface area contributed by atoms with Crippen molar-refractivity contribution in [3.8, 4) is 5.69 Å². The molecule has 0 unspecified atom stereocenters. The standard InChI is InChI=1S/C20H18FN3OS/c1-13-9-11-22-24(13)15-7-5-14(6-8-15)20(25)23-18-10-12-26-19-16(18)3-2-4-17(19)21/h2-9,11,18H,10,12H2,1H3,(H,23,25)/t18-/m0/s1. The number of carbonyl (C=O) groups is 1. The summed E-state index contributed by atoms with van der Waals surface area (Å²) in [5.74, 6) is 0.419. The van der Waals surface area contributed by atoms with Crippen LogP contribution in [-0.2, 0) is 0 Å². The smallest absolute Gasteiger partial charge is 0.251 e. The van der Waals surface area contributed by atoms with Crippen LogP contribution in [0.3, 0.4) is 0 Å². The summed E-state index contributed by atoms with van der Waals surface area (Å²) in [4.78, 5) is 13.3. The molecule has 2 heterocycles. The van der Waals surface area contributed by atoms with Crippen LogP contribution in [0, 0.1) is 12.7 Å². The number of nitrogens with zero attached hydrogens (tertiary/aromatic N) is 2. The van der Waals surface area contributed by atoms with E-state index < -0.39 is 0 Å². The Balaban J connectivity index is 1.53. The van der Waals surface area contributed by atoms with Crippen LogP contribution >= 0.6 is 11.8 Å². The van der Waals surface area contributed by atoms with Crippen molar-refractivity contribution >= 4 is 17.7 Å². The van der Waals surface area contributed by atoms with E-state index in [0.717, 1.165) is 29.1 Å². The number of halogens is 1. The van der Waals surface area contributed by atoms with Crippen LogP contribution in [0.4, 0.5) is 4.39 Å². The van der Waals surface area contributed by atoms with Crippen molar-refractivity contribution < 1.29 is 9.18 Å². The van der Waals surface area contributed by atoms with Crippen molar-refractivity contribution in [3.05, 3.63) is 77.4 Å². The van der Waals surface area contributed by atoms with Gasteiger partial charge in [-0.1, -0.05) is 12.1 Å². The fourth-order valence-electron chi connectivity index (χ4n) is 3.17. The zero-order chi connectivity index (χ0) is 18.1. The zero-order valence-corrected chi connectivity index (χ0v) is 15.1. The molecule has 2 aromatic carbocycles. The number of aromatic nitrogens is 2. The predicted molar refractivity (Wildman–Crippen MR) is 100 cm³/mol. The minimum absolute atomic E-state index is 0.152. The molecule has 0 saturated heterocycles. The molecule has 1 aromatic heterocycles. The second-order valence-electron chi connectivity index (χ2n) is 6.25. The van der Waals surface area contributed by atoms with E-state index in [1.165, 1.54) is 17.8 Å². The molecule has 4 nitrogen and oxygen atoms in total. The molecule has 132 valence electrons. The summed E-state index contributed by atoms with van der Waals surface area (Å²) < 4.78 is 15.8. The van der Waals surface area contributed by atoms with Crippen LogP contribution in [0.2, 0.25) is 0 Å². The van der Waals surface area contributed by atoms with E-state index in [4.69, 9.17) is 0 Å². The molecule has 0 fully saturated rings. The molecule has 1 atom stereocenters. The Kier molecular flexibility index (Phi) is 4.51. The summed E-state index contributed by atoms with van der Waals surface area (Å²) >= 11 is 1.51. The number of hydrogen-bond acceptors (Lipinski definition) is 3. The first-order valence-corrected chi connectivity index (χ1v) is 9.45. The van der Waals surface area contributed by atoms with Crippen LogP contribution < -0.4 is 5.32 Å². The van der Waals surface area contributed by atoms with E-state index in [-0.39, 0.29) is 17.8 Å². The maximum Gasteiger partial charge on any atom is 0.251 e. The Hall–Kier alpha value is -2.60. The minimum atomic E-state index is -0.217. The van der Waals surface area contributed by atoms with Crippen LogP contribution in [0.5, 0.6) is 0 Å². The Morgan fingerprint density at radius 1 is 1.23 bits per heavy atom. The van der Waals surface area contributed by atoms with Crippen molar-refractivity contribution in [2.45, 2.75) is 24.3 Å². The van der Waals surface area contributed by atoms with Gasteiger partial charge >= 0.3 is 0 Å². The average molecular weight is 367 g/mol. The van der Waals surface area contributed by atoms with Gasteiger partial charge in [-0.05, 0) is 55.3 Å². The quantitative estimate of drug-likeness (QED) is 0.751. The zero-order valence-electron chi connectivity index (χ0n) is 14.3. The van der Waals surface area contributed by atoms with E-state index in [1.54, 1.807) is 24.4 Å². The number of thioether (sulfide) groups is 1. The molecule has 1 N–H and O–H groups in total. The molecule has 0 radical (unpaired) electrons. The minimum Gasteiger partial charge on any atom is -0.345 e. The SMILES string of the molecule is Cc1ccnn1-c1ccc(C(=O)N[C@H]2CCSc3c(F)cccc32)cc1. The maximum absolute atomic E-state index is 14.0. The fraction of sp³-hybridized carbons (Fsp3) is 0.200. The van der Waals surface area contributed by atoms with Gasteiger partial charge in [-0.2, -0.15) is 5.10 Å². The molecule has 4 rings (SSSR count). The average Bonchev–Trinajstić information content (AvgIpc) is 3.09. The number of hydrogen-bond donors (Lipinski definition) is 1. The van der Waals surface area contributed by atoms with Crippen molar-refractivity contribution in [2.24, 2.45) is 0 Å². The van der Waals surface area contributed by atoms with Gasteiger partial charge in [0.1, 0.15) is 5.82 Å². The van der Waals surface area contributed by atoms with E-state index in [0.29, 0.717) is 10.5 Å². The lowest BCUT2D eigenvalue weighted by atomic mass is 10.0. The van der Waals surface area contributed by atoms with Crippen molar-refractivity contribution in [3.63, 3.8) is 0 Å². The molecular formula is C20H18FN3OS. The van der Waals surface area contributed by atoms with Crippen molar-refractivity contribution in [1.82, 2.24) is 15.1 Å². The lowest BCUT2D eigenvalue weighted by molar-refractivity contribution is 0.0935. The third-order valence-corrected chi connectivity index (χ3v) is 5.70. The molecule has 1 aliphatic rings. The lowest BCUT2D eigenvalue weighted by Gasteiger charge is -2.26. The van der Waals surface area contributed by atoms with Crippen LogP contribution in [-0.4, -0.2) is 21.4 Å². The Morgan fingerprint density at radius 3 is 2.77 bits per heavy atom. The Morgan fingerprint density at radius 2 is 2.04 bits per heavy atom. The van der Waals surface area contributed by atoms with E-state index in [9.17, 15) is 9.18 Å². The molecule has 1 amide bonds. The van der Waals surface area contributed by atoms with Gasteiger partial charge in [0.25, 0.3) is 5.91 Å². The van der Waals surface area contributed by atoms with E-state index in [2.05, 4.69) is 10.4 Å². The molecule has 1 aliphatic heterocycles. The third kappa shape index (κ3) is 3.12. The summed E-state index contributed by atoms with van der Waals surface area (Å²) in [6, 6.07) is 14.1. The summed E-state index contributed by atoms with van der Waals surface area (Å²) in [5, 5.41) is 7.31. The third-order valence-electron chi connectivity index (χ3n) is 4.54. The highest BCUT2D eigenvalue weighted by Gasteiger charge is 2.24. The fourth-order valence-corrected chi connectivity index (χ4v) is 4.31. The Bertz CT molecular complexity index is 952. The predicted octanol–water partition coefficient (Wildman–Crippen LogP) is 4.29. The maximum atomic E-state index is 14.0. The number of benzene rings is 2. The molecular weight excluding hydrogens is 349 g/mol. The Labute approximate surface area is 155 Å². The molecule has 0 saturated carbocycles. The molecule has 6 heteroatoms. The van der Waals surface area contributed by atoms with Gasteiger partial charge in [0, 0.05) is 28.1 Å². The largest absolute Gasteiger partial charge is 0.345 e. The topological polar surface area (TPSA) is 46.9 Å². The molecule has 0 bridgehead atoms. The van der Waals surface area contributed by atoms with Gasteiger partial charge in [-0.3, -0.25) is 4.79 Å². The van der Waals surface area contributed by atoms with Gasteiger partial charge in [-0.25, -0.2) is 9.07 Å². The number of aryl methyl sites for hydroxylation is 1. The number of amides is 1. The highest BCUT2D eigenvalue weighted by molar-refractivity contribution is 7.99. The highest BCUT2D eigenvalue weighted by atomic mass is 32.2. The first-order valence-electron chi connectivity index (χ1n) is 8.46. The van der Waals surface area contributed by atoms with Crippen LogP contribution in [0.15, 0.2) is 59.6 Å².